The first-order valence-corrected chi connectivity index (χ1v) is 7.28. The summed E-state index contributed by atoms with van der Waals surface area (Å²) in [6, 6.07) is 21.4. The molecule has 20 heavy (non-hydrogen) atoms. The van der Waals surface area contributed by atoms with Crippen molar-refractivity contribution in [2.75, 3.05) is 6.54 Å². The summed E-state index contributed by atoms with van der Waals surface area (Å²) in [6.45, 7) is 3.20. The maximum atomic E-state index is 10.4. The number of aliphatic hydroxyl groups is 1. The first-order chi connectivity index (χ1) is 9.75. The van der Waals surface area contributed by atoms with E-state index in [1.165, 1.54) is 11.1 Å². The number of benzene rings is 2. The average molecular weight is 267 g/mol. The van der Waals surface area contributed by atoms with E-state index in [4.69, 9.17) is 0 Å². The molecule has 0 saturated carbocycles. The van der Waals surface area contributed by atoms with Gasteiger partial charge in [-0.15, -0.1) is 0 Å². The number of hydrogen-bond donors (Lipinski definition) is 1. The summed E-state index contributed by atoms with van der Waals surface area (Å²) < 4.78 is 0. The third-order valence-corrected chi connectivity index (χ3v) is 4.20. The molecule has 2 aromatic carbocycles. The lowest BCUT2D eigenvalue weighted by Gasteiger charge is -2.17. The summed E-state index contributed by atoms with van der Waals surface area (Å²) in [6.07, 6.45) is 0.465. The minimum absolute atomic E-state index is 0.274. The van der Waals surface area contributed by atoms with Crippen molar-refractivity contribution >= 4 is 0 Å². The van der Waals surface area contributed by atoms with Crippen molar-refractivity contribution in [2.45, 2.75) is 31.5 Å². The molecule has 1 aliphatic heterocycles. The number of nitrogens with zero attached hydrogens (tertiary/aromatic N) is 1. The van der Waals surface area contributed by atoms with Crippen LogP contribution in [0.3, 0.4) is 0 Å². The Labute approximate surface area is 120 Å². The Bertz CT molecular complexity index is 540. The Morgan fingerprint density at radius 1 is 1.05 bits per heavy atom. The molecule has 2 nitrogen and oxygen atoms in total. The first kappa shape index (κ1) is 13.3. The maximum absolute atomic E-state index is 10.4. The molecule has 4 atom stereocenters. The zero-order valence-electron chi connectivity index (χ0n) is 11.8. The fraction of sp³-hybridized carbons (Fsp3) is 0.333. The van der Waals surface area contributed by atoms with Gasteiger partial charge in [0.15, 0.2) is 0 Å². The summed E-state index contributed by atoms with van der Waals surface area (Å²) >= 11 is 0. The van der Waals surface area contributed by atoms with Crippen LogP contribution in [-0.4, -0.2) is 28.7 Å². The van der Waals surface area contributed by atoms with Gasteiger partial charge in [-0.1, -0.05) is 60.7 Å². The van der Waals surface area contributed by atoms with Gasteiger partial charge < -0.3 is 5.11 Å². The fourth-order valence-electron chi connectivity index (χ4n) is 2.87. The molecular formula is C18H21NO. The highest BCUT2D eigenvalue weighted by Gasteiger charge is 2.42. The molecule has 0 aromatic heterocycles. The molecule has 0 radical (unpaired) electrons. The van der Waals surface area contributed by atoms with Crippen molar-refractivity contribution < 1.29 is 5.11 Å². The number of aliphatic hydroxyl groups excluding tert-OH is 1. The quantitative estimate of drug-likeness (QED) is 0.842. The molecule has 2 aromatic rings. The minimum Gasteiger partial charge on any atom is -0.391 e. The van der Waals surface area contributed by atoms with E-state index in [0.717, 1.165) is 13.0 Å². The van der Waals surface area contributed by atoms with Gasteiger partial charge in [-0.3, -0.25) is 4.90 Å². The maximum Gasteiger partial charge on any atom is 0.0748 e. The zero-order chi connectivity index (χ0) is 13.9. The molecular weight excluding hydrogens is 246 g/mol. The SMILES string of the molecule is C[C@H](c1ccccc1)N1C[C@H]1[C@H](O)Cc1ccccc1. The van der Waals surface area contributed by atoms with Gasteiger partial charge in [0.25, 0.3) is 0 Å². The second kappa shape index (κ2) is 5.78. The van der Waals surface area contributed by atoms with E-state index in [1.807, 2.05) is 24.3 Å². The van der Waals surface area contributed by atoms with Crippen LogP contribution in [0.25, 0.3) is 0 Å². The fourth-order valence-corrected chi connectivity index (χ4v) is 2.87. The minimum atomic E-state index is -0.274. The summed E-state index contributed by atoms with van der Waals surface area (Å²) in [5.74, 6) is 0. The topological polar surface area (TPSA) is 23.2 Å². The summed E-state index contributed by atoms with van der Waals surface area (Å²) in [7, 11) is 0. The average Bonchev–Trinajstić information content (AvgIpc) is 3.29. The van der Waals surface area contributed by atoms with E-state index < -0.39 is 0 Å². The zero-order valence-corrected chi connectivity index (χ0v) is 11.8. The molecule has 1 saturated heterocycles. The van der Waals surface area contributed by atoms with Crippen LogP contribution < -0.4 is 0 Å². The molecule has 1 fully saturated rings. The van der Waals surface area contributed by atoms with Crippen molar-refractivity contribution in [3.8, 4) is 0 Å². The highest BCUT2D eigenvalue weighted by atomic mass is 16.3. The highest BCUT2D eigenvalue weighted by Crippen LogP contribution is 2.34. The number of hydrogen-bond acceptors (Lipinski definition) is 2. The van der Waals surface area contributed by atoms with Gasteiger partial charge in [-0.05, 0) is 24.5 Å². The van der Waals surface area contributed by atoms with Gasteiger partial charge in [0.05, 0.1) is 6.10 Å². The van der Waals surface area contributed by atoms with E-state index in [0.29, 0.717) is 12.1 Å². The Kier molecular flexibility index (Phi) is 3.86. The molecule has 1 heterocycles. The Morgan fingerprint density at radius 2 is 1.65 bits per heavy atom. The van der Waals surface area contributed by atoms with E-state index in [1.54, 1.807) is 0 Å². The third kappa shape index (κ3) is 2.92. The molecule has 1 unspecified atom stereocenters. The van der Waals surface area contributed by atoms with Crippen LogP contribution in [0.15, 0.2) is 60.7 Å². The van der Waals surface area contributed by atoms with Crippen molar-refractivity contribution in [1.29, 1.82) is 0 Å². The third-order valence-electron chi connectivity index (χ3n) is 4.20. The van der Waals surface area contributed by atoms with Crippen molar-refractivity contribution in [1.82, 2.24) is 4.90 Å². The van der Waals surface area contributed by atoms with Gasteiger partial charge in [0.1, 0.15) is 0 Å². The van der Waals surface area contributed by atoms with Crippen LogP contribution in [0.5, 0.6) is 0 Å². The van der Waals surface area contributed by atoms with Gasteiger partial charge in [-0.2, -0.15) is 0 Å². The normalized spacial score (nSPS) is 24.1. The summed E-state index contributed by atoms with van der Waals surface area (Å²) in [5.41, 5.74) is 2.53. The molecule has 1 aliphatic rings. The van der Waals surface area contributed by atoms with E-state index >= 15 is 0 Å². The largest absolute Gasteiger partial charge is 0.391 e. The molecule has 104 valence electrons. The lowest BCUT2D eigenvalue weighted by molar-refractivity contribution is 0.149. The van der Waals surface area contributed by atoms with E-state index in [2.05, 4.69) is 48.2 Å². The molecule has 0 amide bonds. The Morgan fingerprint density at radius 3 is 2.30 bits per heavy atom. The first-order valence-electron chi connectivity index (χ1n) is 7.28. The van der Waals surface area contributed by atoms with Crippen LogP contribution >= 0.6 is 0 Å². The predicted octanol–water partition coefficient (Wildman–Crippen LogP) is 3.04. The molecule has 2 heteroatoms. The second-order valence-electron chi connectivity index (χ2n) is 5.61. The standard InChI is InChI=1S/C18H21NO/c1-14(16-10-6-3-7-11-16)19-13-17(19)18(20)12-15-8-4-2-5-9-15/h2-11,14,17-18,20H,12-13H2,1H3/t14-,17+,18-,19?/m1/s1. The van der Waals surface area contributed by atoms with Crippen molar-refractivity contribution in [2.24, 2.45) is 0 Å². The van der Waals surface area contributed by atoms with E-state index in [-0.39, 0.29) is 6.10 Å². The second-order valence-corrected chi connectivity index (χ2v) is 5.61. The molecule has 0 spiro atoms. The summed E-state index contributed by atoms with van der Waals surface area (Å²) in [5, 5.41) is 10.4. The smallest absolute Gasteiger partial charge is 0.0748 e. The van der Waals surface area contributed by atoms with Crippen LogP contribution in [0, 0.1) is 0 Å². The van der Waals surface area contributed by atoms with Crippen LogP contribution in [-0.2, 0) is 6.42 Å². The molecule has 3 rings (SSSR count). The molecule has 0 bridgehead atoms. The lowest BCUT2D eigenvalue weighted by Crippen LogP contribution is -2.23. The predicted molar refractivity (Wildman–Crippen MR) is 81.5 cm³/mol. The highest BCUT2D eigenvalue weighted by molar-refractivity contribution is 5.22. The van der Waals surface area contributed by atoms with Crippen LogP contribution in [0.4, 0.5) is 0 Å². The lowest BCUT2D eigenvalue weighted by atomic mass is 10.1. The van der Waals surface area contributed by atoms with Crippen LogP contribution in [0.2, 0.25) is 0 Å². The van der Waals surface area contributed by atoms with Crippen LogP contribution in [0.1, 0.15) is 24.1 Å². The molecule has 0 aliphatic carbocycles. The van der Waals surface area contributed by atoms with E-state index in [9.17, 15) is 5.11 Å². The van der Waals surface area contributed by atoms with Gasteiger partial charge in [-0.25, -0.2) is 0 Å². The van der Waals surface area contributed by atoms with Crippen molar-refractivity contribution in [3.63, 3.8) is 0 Å². The van der Waals surface area contributed by atoms with Crippen molar-refractivity contribution in [3.05, 3.63) is 71.8 Å². The van der Waals surface area contributed by atoms with Gasteiger partial charge in [0.2, 0.25) is 0 Å². The number of rotatable bonds is 5. The summed E-state index contributed by atoms with van der Waals surface area (Å²) in [4.78, 5) is 2.36. The Balaban J connectivity index is 1.59. The van der Waals surface area contributed by atoms with Gasteiger partial charge >= 0.3 is 0 Å². The Hall–Kier alpha value is -1.64. The molecule has 1 N–H and O–H groups in total. The monoisotopic (exact) mass is 267 g/mol. The van der Waals surface area contributed by atoms with Gasteiger partial charge in [0, 0.05) is 18.6 Å².